The number of nitrogens with zero attached hydrogens (tertiary/aromatic N) is 3. The summed E-state index contributed by atoms with van der Waals surface area (Å²) in [5.41, 5.74) is 1.30. The Hall–Kier alpha value is -2.78. The molecule has 0 unspecified atom stereocenters. The smallest absolute Gasteiger partial charge is 0.256 e. The molecule has 0 aliphatic rings. The van der Waals surface area contributed by atoms with E-state index in [1.807, 2.05) is 6.07 Å². The summed E-state index contributed by atoms with van der Waals surface area (Å²) in [6, 6.07) is 8.65. The molecule has 1 atom stereocenters. The molecule has 0 spiro atoms. The number of aromatic nitrogens is 1. The minimum atomic E-state index is -0.963. The number of aliphatic hydroxyl groups excluding tert-OH is 2. The van der Waals surface area contributed by atoms with Crippen molar-refractivity contribution in [2.75, 3.05) is 20.3 Å². The first-order valence-corrected chi connectivity index (χ1v) is 7.61. The third kappa shape index (κ3) is 4.01. The fourth-order valence-electron chi connectivity index (χ4n) is 2.14. The molecule has 2 rings (SSSR count). The summed E-state index contributed by atoms with van der Waals surface area (Å²) in [7, 11) is 1.39. The van der Waals surface area contributed by atoms with Gasteiger partial charge in [-0.2, -0.15) is 5.26 Å². The van der Waals surface area contributed by atoms with Crippen LogP contribution in [0.4, 0.5) is 5.69 Å². The minimum absolute atomic E-state index is 0.0452. The number of nitriles is 1. The van der Waals surface area contributed by atoms with Crippen LogP contribution < -0.4 is 9.47 Å². The fraction of sp³-hybridized carbons (Fsp3) is 0.235. The zero-order valence-corrected chi connectivity index (χ0v) is 14.2. The third-order valence-electron chi connectivity index (χ3n) is 3.33. The van der Waals surface area contributed by atoms with Gasteiger partial charge in [0.05, 0.1) is 25.9 Å². The summed E-state index contributed by atoms with van der Waals surface area (Å²) in [4.78, 5) is 7.47. The zero-order valence-electron chi connectivity index (χ0n) is 13.3. The number of pyridine rings is 1. The summed E-state index contributed by atoms with van der Waals surface area (Å²) in [5, 5.41) is 27.7. The molecule has 2 N–H and O–H groups in total. The highest BCUT2D eigenvalue weighted by Crippen LogP contribution is 2.42. The van der Waals surface area contributed by atoms with E-state index in [9.17, 15) is 10.4 Å². The van der Waals surface area contributed by atoms with Gasteiger partial charge < -0.3 is 19.7 Å². The highest BCUT2D eigenvalue weighted by Gasteiger charge is 2.20. The quantitative estimate of drug-likeness (QED) is 0.541. The lowest BCUT2D eigenvalue weighted by molar-refractivity contribution is 0.0536. The Bertz CT molecular complexity index is 841. The topological polar surface area (TPSA) is 100.0 Å². The van der Waals surface area contributed by atoms with Crippen molar-refractivity contribution in [3.8, 4) is 28.8 Å². The Morgan fingerprint density at radius 3 is 2.60 bits per heavy atom. The van der Waals surface area contributed by atoms with Crippen LogP contribution in [0.25, 0.3) is 16.0 Å². The summed E-state index contributed by atoms with van der Waals surface area (Å²) in [6.07, 6.45) is -0.963. The van der Waals surface area contributed by atoms with Crippen molar-refractivity contribution in [3.63, 3.8) is 0 Å². The molecular weight excluding hydrogens is 342 g/mol. The largest absolute Gasteiger partial charge is 0.491 e. The summed E-state index contributed by atoms with van der Waals surface area (Å²) < 4.78 is 10.5. The Kier molecular flexibility index (Phi) is 6.20. The number of methoxy groups -OCH3 is 1. The van der Waals surface area contributed by atoms with Crippen LogP contribution in [0.1, 0.15) is 5.56 Å². The molecule has 0 radical (unpaired) electrons. The van der Waals surface area contributed by atoms with E-state index < -0.39 is 6.10 Å². The van der Waals surface area contributed by atoms with E-state index in [4.69, 9.17) is 21.2 Å². The number of benzene rings is 1. The summed E-state index contributed by atoms with van der Waals surface area (Å²) in [5.74, 6) is 0.576. The highest BCUT2D eigenvalue weighted by atomic mass is 32.1. The van der Waals surface area contributed by atoms with Gasteiger partial charge in [-0.3, -0.25) is 0 Å². The van der Waals surface area contributed by atoms with Crippen molar-refractivity contribution in [1.29, 1.82) is 5.26 Å². The molecule has 128 valence electrons. The molecule has 25 heavy (non-hydrogen) atoms. The fourth-order valence-corrected chi connectivity index (χ4v) is 2.39. The van der Waals surface area contributed by atoms with Gasteiger partial charge in [-0.05, 0) is 17.7 Å². The second-order valence-electron chi connectivity index (χ2n) is 4.94. The van der Waals surface area contributed by atoms with Crippen LogP contribution in [0.2, 0.25) is 0 Å². The minimum Gasteiger partial charge on any atom is -0.491 e. The maximum Gasteiger partial charge on any atom is 0.256 e. The van der Waals surface area contributed by atoms with E-state index in [1.165, 1.54) is 7.11 Å². The lowest BCUT2D eigenvalue weighted by Crippen LogP contribution is -2.21. The van der Waals surface area contributed by atoms with Crippen molar-refractivity contribution in [3.05, 3.63) is 41.2 Å². The van der Waals surface area contributed by atoms with Gasteiger partial charge in [-0.1, -0.05) is 12.1 Å². The van der Waals surface area contributed by atoms with Crippen LogP contribution in [0.3, 0.4) is 0 Å². The molecule has 0 amide bonds. The highest BCUT2D eigenvalue weighted by molar-refractivity contribution is 7.80. The number of hydrogen-bond acceptors (Lipinski definition) is 7. The average Bonchev–Trinajstić information content (AvgIpc) is 2.65. The van der Waals surface area contributed by atoms with Crippen LogP contribution in [0.5, 0.6) is 11.6 Å². The molecule has 0 aliphatic heterocycles. The Morgan fingerprint density at radius 2 is 2.08 bits per heavy atom. The van der Waals surface area contributed by atoms with Crippen LogP contribution in [0, 0.1) is 17.9 Å². The van der Waals surface area contributed by atoms with Gasteiger partial charge in [-0.25, -0.2) is 9.83 Å². The van der Waals surface area contributed by atoms with Crippen molar-refractivity contribution in [2.45, 2.75) is 11.1 Å². The van der Waals surface area contributed by atoms with Crippen molar-refractivity contribution < 1.29 is 19.7 Å². The first-order chi connectivity index (χ1) is 12.0. The van der Waals surface area contributed by atoms with E-state index >= 15 is 0 Å². The van der Waals surface area contributed by atoms with E-state index in [2.05, 4.69) is 22.5 Å². The van der Waals surface area contributed by atoms with Gasteiger partial charge in [0, 0.05) is 5.56 Å². The van der Waals surface area contributed by atoms with Gasteiger partial charge in [0.1, 0.15) is 29.6 Å². The molecule has 0 fully saturated rings. The maximum atomic E-state index is 9.41. The summed E-state index contributed by atoms with van der Waals surface area (Å²) in [6.45, 7) is 6.96. The number of hydrogen-bond donors (Lipinski definition) is 3. The van der Waals surface area contributed by atoms with E-state index in [-0.39, 0.29) is 35.4 Å². The van der Waals surface area contributed by atoms with E-state index in [0.29, 0.717) is 16.9 Å². The lowest BCUT2D eigenvalue weighted by atomic mass is 10.00. The predicted octanol–water partition coefficient (Wildman–Crippen LogP) is 2.20. The number of aliphatic hydroxyl groups is 2. The first kappa shape index (κ1) is 18.6. The lowest BCUT2D eigenvalue weighted by Gasteiger charge is -2.13. The molecule has 0 saturated heterocycles. The van der Waals surface area contributed by atoms with Crippen LogP contribution >= 0.6 is 12.6 Å². The van der Waals surface area contributed by atoms with Crippen molar-refractivity contribution >= 4 is 18.3 Å². The standard InChI is InChI=1S/C17H15N3O4S/c1-19-15-14(13(7-18)17(25)20-16(15)23-2)10-3-5-12(6-4-10)24-9-11(22)8-21/h3-6,11,21-22H,8-9H2,2H3,(H,20,25)/t11-/m0/s1. The molecule has 1 aromatic heterocycles. The second kappa shape index (κ2) is 8.36. The Labute approximate surface area is 150 Å². The van der Waals surface area contributed by atoms with Gasteiger partial charge in [0.15, 0.2) is 0 Å². The van der Waals surface area contributed by atoms with Gasteiger partial charge in [-0.15, -0.1) is 12.6 Å². The van der Waals surface area contributed by atoms with Crippen LogP contribution in [0.15, 0.2) is 29.3 Å². The third-order valence-corrected chi connectivity index (χ3v) is 3.66. The van der Waals surface area contributed by atoms with Gasteiger partial charge >= 0.3 is 0 Å². The van der Waals surface area contributed by atoms with Gasteiger partial charge in [0.2, 0.25) is 5.88 Å². The molecule has 0 aliphatic carbocycles. The molecule has 1 heterocycles. The zero-order chi connectivity index (χ0) is 18.4. The van der Waals surface area contributed by atoms with Gasteiger partial charge in [0.25, 0.3) is 5.69 Å². The summed E-state index contributed by atoms with van der Waals surface area (Å²) >= 11 is 4.20. The van der Waals surface area contributed by atoms with Crippen molar-refractivity contribution in [1.82, 2.24) is 4.98 Å². The Morgan fingerprint density at radius 1 is 1.40 bits per heavy atom. The van der Waals surface area contributed by atoms with Crippen LogP contribution in [-0.4, -0.2) is 41.6 Å². The molecule has 0 saturated carbocycles. The average molecular weight is 357 g/mol. The van der Waals surface area contributed by atoms with E-state index in [0.717, 1.165) is 0 Å². The normalized spacial score (nSPS) is 11.3. The predicted molar refractivity (Wildman–Crippen MR) is 93.0 cm³/mol. The van der Waals surface area contributed by atoms with E-state index in [1.54, 1.807) is 24.3 Å². The SMILES string of the molecule is [C-]#[N+]c1c(OC)nc(S)c(C#N)c1-c1ccc(OC[C@@H](O)CO)cc1. The number of ether oxygens (including phenoxy) is 2. The number of thiol groups is 1. The molecule has 7 nitrogen and oxygen atoms in total. The number of rotatable bonds is 6. The molecule has 1 aromatic carbocycles. The first-order valence-electron chi connectivity index (χ1n) is 7.16. The van der Waals surface area contributed by atoms with Crippen LogP contribution in [-0.2, 0) is 0 Å². The molecule has 2 aromatic rings. The second-order valence-corrected chi connectivity index (χ2v) is 5.36. The molecule has 8 heteroatoms. The van der Waals surface area contributed by atoms with Crippen molar-refractivity contribution in [2.24, 2.45) is 0 Å². The Balaban J connectivity index is 2.46. The maximum absolute atomic E-state index is 9.41. The monoisotopic (exact) mass is 357 g/mol. The molecular formula is C17H15N3O4S. The molecule has 0 bridgehead atoms.